The average Bonchev–Trinajstić information content (AvgIpc) is 2.74. The summed E-state index contributed by atoms with van der Waals surface area (Å²) >= 11 is 3.38. The molecule has 1 aliphatic rings. The summed E-state index contributed by atoms with van der Waals surface area (Å²) in [4.78, 5) is 6.69. The van der Waals surface area contributed by atoms with Crippen LogP contribution in [0.1, 0.15) is 12.8 Å². The van der Waals surface area contributed by atoms with Crippen molar-refractivity contribution in [2.45, 2.75) is 18.9 Å². The largest absolute Gasteiger partial charge is 0.377 e. The summed E-state index contributed by atoms with van der Waals surface area (Å²) in [6.45, 7) is 2.89. The quantitative estimate of drug-likeness (QED) is 0.791. The average molecular weight is 288 g/mol. The second-order valence-electron chi connectivity index (χ2n) is 4.08. The molecule has 2 heterocycles. The van der Waals surface area contributed by atoms with Crippen molar-refractivity contribution in [2.24, 2.45) is 7.05 Å². The molecule has 0 aliphatic carbocycles. The van der Waals surface area contributed by atoms with Crippen LogP contribution in [0.4, 0.5) is 5.95 Å². The van der Waals surface area contributed by atoms with Gasteiger partial charge in [-0.25, -0.2) is 4.98 Å². The lowest BCUT2D eigenvalue weighted by Gasteiger charge is -2.32. The zero-order valence-electron chi connectivity index (χ0n) is 9.60. The van der Waals surface area contributed by atoms with Crippen molar-refractivity contribution in [1.82, 2.24) is 9.55 Å². The molecule has 0 bridgehead atoms. The Morgan fingerprint density at radius 3 is 2.81 bits per heavy atom. The van der Waals surface area contributed by atoms with Crippen molar-refractivity contribution in [3.63, 3.8) is 0 Å². The standard InChI is InChI=1S/C11H18BrN3O/c1-14-8-5-13-11(14)15-6-2-10(3-7-15)16-9-4-12/h5,8,10H,2-4,6-7,9H2,1H3. The SMILES string of the molecule is Cn1ccnc1N1CCC(OCCBr)CC1. The van der Waals surface area contributed by atoms with Crippen molar-refractivity contribution >= 4 is 21.9 Å². The van der Waals surface area contributed by atoms with Crippen LogP contribution >= 0.6 is 15.9 Å². The lowest BCUT2D eigenvalue weighted by molar-refractivity contribution is 0.0478. The fraction of sp³-hybridized carbons (Fsp3) is 0.727. The van der Waals surface area contributed by atoms with E-state index in [0.29, 0.717) is 6.10 Å². The lowest BCUT2D eigenvalue weighted by Crippen LogP contribution is -2.38. The van der Waals surface area contributed by atoms with Crippen molar-refractivity contribution in [1.29, 1.82) is 0 Å². The number of rotatable bonds is 4. The molecular weight excluding hydrogens is 270 g/mol. The van der Waals surface area contributed by atoms with E-state index in [1.807, 2.05) is 19.4 Å². The molecule has 5 heteroatoms. The van der Waals surface area contributed by atoms with Gasteiger partial charge in [0.2, 0.25) is 5.95 Å². The molecule has 4 nitrogen and oxygen atoms in total. The minimum absolute atomic E-state index is 0.425. The van der Waals surface area contributed by atoms with Gasteiger partial charge >= 0.3 is 0 Å². The molecule has 0 amide bonds. The molecule has 2 rings (SSSR count). The molecule has 0 unspecified atom stereocenters. The second kappa shape index (κ2) is 5.68. The van der Waals surface area contributed by atoms with E-state index >= 15 is 0 Å². The first-order valence-electron chi connectivity index (χ1n) is 5.71. The molecular formula is C11H18BrN3O. The van der Waals surface area contributed by atoms with Crippen molar-refractivity contribution in [2.75, 3.05) is 29.9 Å². The number of anilines is 1. The van der Waals surface area contributed by atoms with Crippen LogP contribution in [0, 0.1) is 0 Å². The molecule has 0 aromatic carbocycles. The maximum absolute atomic E-state index is 5.73. The van der Waals surface area contributed by atoms with Crippen LogP contribution in [-0.4, -0.2) is 40.7 Å². The van der Waals surface area contributed by atoms with Crippen molar-refractivity contribution in [3.8, 4) is 0 Å². The molecule has 16 heavy (non-hydrogen) atoms. The first kappa shape index (κ1) is 11.9. The van der Waals surface area contributed by atoms with E-state index in [-0.39, 0.29) is 0 Å². The van der Waals surface area contributed by atoms with E-state index in [0.717, 1.165) is 43.8 Å². The first-order chi connectivity index (χ1) is 7.81. The predicted octanol–water partition coefficient (Wildman–Crippen LogP) is 1.80. The number of alkyl halides is 1. The van der Waals surface area contributed by atoms with Gasteiger partial charge in [-0.2, -0.15) is 0 Å². The molecule has 0 N–H and O–H groups in total. The Bertz CT molecular complexity index is 321. The van der Waals surface area contributed by atoms with Crippen LogP contribution in [0.5, 0.6) is 0 Å². The number of hydrogen-bond donors (Lipinski definition) is 0. The number of aromatic nitrogens is 2. The van der Waals surface area contributed by atoms with E-state index in [1.165, 1.54) is 0 Å². The van der Waals surface area contributed by atoms with Crippen molar-refractivity contribution < 1.29 is 4.74 Å². The number of hydrogen-bond acceptors (Lipinski definition) is 3. The highest BCUT2D eigenvalue weighted by molar-refractivity contribution is 9.09. The van der Waals surface area contributed by atoms with E-state index in [9.17, 15) is 0 Å². The number of halogens is 1. The summed E-state index contributed by atoms with van der Waals surface area (Å²) in [5.74, 6) is 1.07. The van der Waals surface area contributed by atoms with Crippen LogP contribution in [-0.2, 0) is 11.8 Å². The highest BCUT2D eigenvalue weighted by atomic mass is 79.9. The number of ether oxygens (including phenoxy) is 1. The van der Waals surface area contributed by atoms with Gasteiger partial charge in [0.05, 0.1) is 12.7 Å². The summed E-state index contributed by atoms with van der Waals surface area (Å²) < 4.78 is 7.80. The molecule has 1 aliphatic heterocycles. The zero-order chi connectivity index (χ0) is 11.4. The van der Waals surface area contributed by atoms with Crippen LogP contribution in [0.25, 0.3) is 0 Å². The van der Waals surface area contributed by atoms with Crippen LogP contribution in [0.15, 0.2) is 12.4 Å². The van der Waals surface area contributed by atoms with Crippen molar-refractivity contribution in [3.05, 3.63) is 12.4 Å². The maximum Gasteiger partial charge on any atom is 0.205 e. The Labute approximate surface area is 105 Å². The molecule has 0 atom stereocenters. The van der Waals surface area contributed by atoms with Gasteiger partial charge in [-0.3, -0.25) is 0 Å². The Morgan fingerprint density at radius 2 is 2.25 bits per heavy atom. The van der Waals surface area contributed by atoms with E-state index in [2.05, 4.69) is 30.4 Å². The number of piperidine rings is 1. The molecule has 0 radical (unpaired) electrons. The van der Waals surface area contributed by atoms with Gasteiger partial charge in [0, 0.05) is 37.9 Å². The number of imidazole rings is 1. The molecule has 90 valence electrons. The zero-order valence-corrected chi connectivity index (χ0v) is 11.2. The minimum atomic E-state index is 0.425. The fourth-order valence-corrected chi connectivity index (χ4v) is 2.28. The third-order valence-corrected chi connectivity index (χ3v) is 3.28. The number of nitrogens with zero attached hydrogens (tertiary/aromatic N) is 3. The third-order valence-electron chi connectivity index (χ3n) is 2.95. The molecule has 1 fully saturated rings. The lowest BCUT2D eigenvalue weighted by atomic mass is 10.1. The highest BCUT2D eigenvalue weighted by Crippen LogP contribution is 2.19. The summed E-state index contributed by atoms with van der Waals surface area (Å²) in [6, 6.07) is 0. The summed E-state index contributed by atoms with van der Waals surface area (Å²) in [6.07, 6.45) is 6.46. The van der Waals surface area contributed by atoms with Gasteiger partial charge < -0.3 is 14.2 Å². The van der Waals surface area contributed by atoms with Gasteiger partial charge in [-0.15, -0.1) is 0 Å². The third kappa shape index (κ3) is 2.77. The fourth-order valence-electron chi connectivity index (χ4n) is 2.10. The van der Waals surface area contributed by atoms with Gasteiger partial charge in [-0.1, -0.05) is 15.9 Å². The van der Waals surface area contributed by atoms with Crippen LogP contribution < -0.4 is 4.90 Å². The molecule has 0 spiro atoms. The van der Waals surface area contributed by atoms with Gasteiger partial charge in [0.25, 0.3) is 0 Å². The Kier molecular flexibility index (Phi) is 4.23. The molecule has 0 saturated carbocycles. The first-order valence-corrected chi connectivity index (χ1v) is 6.83. The normalized spacial score (nSPS) is 18.0. The van der Waals surface area contributed by atoms with E-state index in [4.69, 9.17) is 4.74 Å². The van der Waals surface area contributed by atoms with Gasteiger partial charge in [0.1, 0.15) is 0 Å². The second-order valence-corrected chi connectivity index (χ2v) is 4.88. The van der Waals surface area contributed by atoms with Crippen LogP contribution in [0.3, 0.4) is 0 Å². The van der Waals surface area contributed by atoms with Gasteiger partial charge in [-0.05, 0) is 12.8 Å². The maximum atomic E-state index is 5.73. The summed E-state index contributed by atoms with van der Waals surface area (Å²) in [7, 11) is 2.04. The van der Waals surface area contributed by atoms with Gasteiger partial charge in [0.15, 0.2) is 0 Å². The molecule has 1 aromatic heterocycles. The van der Waals surface area contributed by atoms with Crippen LogP contribution in [0.2, 0.25) is 0 Å². The molecule has 1 saturated heterocycles. The monoisotopic (exact) mass is 287 g/mol. The predicted molar refractivity (Wildman–Crippen MR) is 68.2 cm³/mol. The van der Waals surface area contributed by atoms with E-state index < -0.39 is 0 Å². The Balaban J connectivity index is 1.83. The summed E-state index contributed by atoms with van der Waals surface area (Å²) in [5, 5.41) is 0.923. The topological polar surface area (TPSA) is 30.3 Å². The minimum Gasteiger partial charge on any atom is -0.377 e. The number of aryl methyl sites for hydroxylation is 1. The molecule has 1 aromatic rings. The highest BCUT2D eigenvalue weighted by Gasteiger charge is 2.21. The smallest absolute Gasteiger partial charge is 0.205 e. The van der Waals surface area contributed by atoms with E-state index in [1.54, 1.807) is 0 Å². The Morgan fingerprint density at radius 1 is 1.50 bits per heavy atom. The summed E-state index contributed by atoms with van der Waals surface area (Å²) in [5.41, 5.74) is 0. The Hall–Kier alpha value is -0.550.